The van der Waals surface area contributed by atoms with Gasteiger partial charge in [-0.05, 0) is 44.0 Å². The first-order valence-electron chi connectivity index (χ1n) is 9.69. The molecule has 0 aliphatic heterocycles. The van der Waals surface area contributed by atoms with Crippen LogP contribution < -0.4 is 10.7 Å². The van der Waals surface area contributed by atoms with Gasteiger partial charge in [0, 0.05) is 24.0 Å². The predicted octanol–water partition coefficient (Wildman–Crippen LogP) is 5.18. The number of nitrogens with one attached hydrogen (secondary N) is 1. The van der Waals surface area contributed by atoms with Crippen LogP contribution >= 0.6 is 0 Å². The Hall–Kier alpha value is -3.14. The molecule has 0 aliphatic rings. The Morgan fingerprint density at radius 1 is 1.00 bits per heavy atom. The molecule has 0 fully saturated rings. The van der Waals surface area contributed by atoms with Gasteiger partial charge < -0.3 is 9.88 Å². The van der Waals surface area contributed by atoms with E-state index in [0.29, 0.717) is 11.4 Å². The fraction of sp³-hybridized carbons (Fsp3) is 0.250. The monoisotopic (exact) mass is 374 g/mol. The second kappa shape index (κ2) is 8.70. The van der Waals surface area contributed by atoms with Crippen LogP contribution in [0.4, 0.5) is 5.69 Å². The molecule has 3 aromatic rings. The number of pyridine rings is 1. The Morgan fingerprint density at radius 3 is 2.43 bits per heavy atom. The van der Waals surface area contributed by atoms with Gasteiger partial charge in [-0.1, -0.05) is 55.3 Å². The van der Waals surface area contributed by atoms with E-state index in [0.717, 1.165) is 36.2 Å². The number of rotatable bonds is 6. The van der Waals surface area contributed by atoms with Gasteiger partial charge in [-0.25, -0.2) is 0 Å². The van der Waals surface area contributed by atoms with Crippen LogP contribution in [0.5, 0.6) is 0 Å². The summed E-state index contributed by atoms with van der Waals surface area (Å²) in [5, 5.41) is 2.87. The number of aryl methyl sites for hydroxylation is 2. The van der Waals surface area contributed by atoms with Crippen molar-refractivity contribution < 1.29 is 4.79 Å². The van der Waals surface area contributed by atoms with E-state index in [4.69, 9.17) is 0 Å². The van der Waals surface area contributed by atoms with Crippen LogP contribution in [-0.4, -0.2) is 10.5 Å². The molecule has 1 amide bonds. The molecule has 0 saturated heterocycles. The SMILES string of the molecule is CCCCn1c(C)cc(=O)c(C(=O)Nc2ccccc2)c1-c1cccc(C)c1. The number of amides is 1. The number of para-hydroxylation sites is 1. The zero-order valence-electron chi connectivity index (χ0n) is 16.7. The van der Waals surface area contributed by atoms with E-state index in [2.05, 4.69) is 16.8 Å². The molecular formula is C24H26N2O2. The summed E-state index contributed by atoms with van der Waals surface area (Å²) in [6, 6.07) is 18.7. The topological polar surface area (TPSA) is 51.1 Å². The molecule has 0 atom stereocenters. The summed E-state index contributed by atoms with van der Waals surface area (Å²) in [5.74, 6) is -0.377. The van der Waals surface area contributed by atoms with Crippen molar-refractivity contribution >= 4 is 11.6 Å². The third kappa shape index (κ3) is 4.22. The molecule has 0 bridgehead atoms. The molecule has 4 heteroatoms. The standard InChI is InChI=1S/C24H26N2O2/c1-4-5-14-26-18(3)16-21(27)22(23(26)19-11-9-10-17(2)15-19)24(28)25-20-12-7-6-8-13-20/h6-13,15-16H,4-5,14H2,1-3H3,(H,25,28). The highest BCUT2D eigenvalue weighted by Gasteiger charge is 2.21. The van der Waals surface area contributed by atoms with E-state index in [1.54, 1.807) is 6.07 Å². The van der Waals surface area contributed by atoms with Gasteiger partial charge in [0.1, 0.15) is 5.56 Å². The number of anilines is 1. The minimum absolute atomic E-state index is 0.191. The van der Waals surface area contributed by atoms with Crippen molar-refractivity contribution in [2.75, 3.05) is 5.32 Å². The van der Waals surface area contributed by atoms with Crippen LogP contribution in [0.3, 0.4) is 0 Å². The van der Waals surface area contributed by atoms with Crippen LogP contribution in [0.2, 0.25) is 0 Å². The normalized spacial score (nSPS) is 10.7. The fourth-order valence-electron chi connectivity index (χ4n) is 3.40. The number of aromatic nitrogens is 1. The molecule has 1 heterocycles. The van der Waals surface area contributed by atoms with Gasteiger partial charge in [0.15, 0.2) is 5.43 Å². The van der Waals surface area contributed by atoms with Gasteiger partial charge in [-0.3, -0.25) is 9.59 Å². The van der Waals surface area contributed by atoms with Crippen molar-refractivity contribution in [1.82, 2.24) is 4.57 Å². The molecule has 4 nitrogen and oxygen atoms in total. The zero-order valence-corrected chi connectivity index (χ0v) is 16.7. The van der Waals surface area contributed by atoms with Crippen LogP contribution in [0.25, 0.3) is 11.3 Å². The number of hydrogen-bond acceptors (Lipinski definition) is 2. The highest BCUT2D eigenvalue weighted by atomic mass is 16.2. The van der Waals surface area contributed by atoms with Crippen LogP contribution in [0, 0.1) is 13.8 Å². The van der Waals surface area contributed by atoms with Gasteiger partial charge >= 0.3 is 0 Å². The maximum Gasteiger partial charge on any atom is 0.261 e. The number of benzene rings is 2. The third-order valence-electron chi connectivity index (χ3n) is 4.80. The summed E-state index contributed by atoms with van der Waals surface area (Å²) < 4.78 is 2.10. The van der Waals surface area contributed by atoms with Crippen molar-refractivity contribution in [3.8, 4) is 11.3 Å². The molecule has 0 saturated carbocycles. The molecule has 1 aromatic heterocycles. The van der Waals surface area contributed by atoms with E-state index in [1.807, 2.05) is 68.4 Å². The number of hydrogen-bond donors (Lipinski definition) is 1. The number of nitrogens with zero attached hydrogens (tertiary/aromatic N) is 1. The largest absolute Gasteiger partial charge is 0.344 e. The van der Waals surface area contributed by atoms with Gasteiger partial charge in [-0.15, -0.1) is 0 Å². The summed E-state index contributed by atoms with van der Waals surface area (Å²) in [5.41, 5.74) is 4.13. The minimum atomic E-state index is -0.377. The van der Waals surface area contributed by atoms with Crippen molar-refractivity contribution in [2.45, 2.75) is 40.2 Å². The van der Waals surface area contributed by atoms with Crippen LogP contribution in [0.1, 0.15) is 41.4 Å². The van der Waals surface area contributed by atoms with Gasteiger partial charge in [0.2, 0.25) is 0 Å². The quantitative estimate of drug-likeness (QED) is 0.646. The molecule has 0 spiro atoms. The molecule has 3 rings (SSSR count). The Morgan fingerprint density at radius 2 is 1.75 bits per heavy atom. The first kappa shape index (κ1) is 19.6. The summed E-state index contributed by atoms with van der Waals surface area (Å²) in [6.45, 7) is 6.83. The van der Waals surface area contributed by atoms with Crippen LogP contribution in [-0.2, 0) is 6.54 Å². The summed E-state index contributed by atoms with van der Waals surface area (Å²) in [7, 11) is 0. The zero-order chi connectivity index (χ0) is 20.1. The van der Waals surface area contributed by atoms with Crippen LogP contribution in [0.15, 0.2) is 65.5 Å². The Kier molecular flexibility index (Phi) is 6.09. The highest BCUT2D eigenvalue weighted by molar-refractivity contribution is 6.08. The molecule has 0 radical (unpaired) electrons. The molecule has 28 heavy (non-hydrogen) atoms. The summed E-state index contributed by atoms with van der Waals surface area (Å²) >= 11 is 0. The number of carbonyl (C=O) groups excluding carboxylic acids is 1. The lowest BCUT2D eigenvalue weighted by Crippen LogP contribution is -2.26. The molecule has 0 aliphatic carbocycles. The lowest BCUT2D eigenvalue weighted by Gasteiger charge is -2.20. The Balaban J connectivity index is 2.20. The van der Waals surface area contributed by atoms with Crippen molar-refractivity contribution in [2.24, 2.45) is 0 Å². The van der Waals surface area contributed by atoms with E-state index < -0.39 is 0 Å². The van der Waals surface area contributed by atoms with E-state index in [1.165, 1.54) is 0 Å². The van der Waals surface area contributed by atoms with Gasteiger partial charge in [0.05, 0.1) is 5.69 Å². The lowest BCUT2D eigenvalue weighted by atomic mass is 10.0. The lowest BCUT2D eigenvalue weighted by molar-refractivity contribution is 0.102. The highest BCUT2D eigenvalue weighted by Crippen LogP contribution is 2.26. The number of unbranched alkanes of at least 4 members (excludes halogenated alkanes) is 1. The van der Waals surface area contributed by atoms with Gasteiger partial charge in [-0.2, -0.15) is 0 Å². The average molecular weight is 374 g/mol. The second-order valence-corrected chi connectivity index (χ2v) is 7.07. The second-order valence-electron chi connectivity index (χ2n) is 7.07. The summed E-state index contributed by atoms with van der Waals surface area (Å²) in [4.78, 5) is 26.0. The first-order valence-corrected chi connectivity index (χ1v) is 9.69. The third-order valence-corrected chi connectivity index (χ3v) is 4.80. The minimum Gasteiger partial charge on any atom is -0.344 e. The van der Waals surface area contributed by atoms with Gasteiger partial charge in [0.25, 0.3) is 5.91 Å². The predicted molar refractivity (Wildman–Crippen MR) is 115 cm³/mol. The molecule has 1 N–H and O–H groups in total. The first-order chi connectivity index (χ1) is 13.5. The van der Waals surface area contributed by atoms with Crippen molar-refractivity contribution in [3.63, 3.8) is 0 Å². The van der Waals surface area contributed by atoms with E-state index in [9.17, 15) is 9.59 Å². The summed E-state index contributed by atoms with van der Waals surface area (Å²) in [6.07, 6.45) is 2.01. The van der Waals surface area contributed by atoms with E-state index in [-0.39, 0.29) is 16.9 Å². The molecular weight excluding hydrogens is 348 g/mol. The fourth-order valence-corrected chi connectivity index (χ4v) is 3.40. The van der Waals surface area contributed by atoms with Crippen molar-refractivity contribution in [1.29, 1.82) is 0 Å². The maximum absolute atomic E-state index is 13.1. The molecule has 2 aromatic carbocycles. The Labute approximate surface area is 165 Å². The maximum atomic E-state index is 13.1. The molecule has 0 unspecified atom stereocenters. The van der Waals surface area contributed by atoms with E-state index >= 15 is 0 Å². The Bertz CT molecular complexity index is 1040. The molecule has 144 valence electrons. The average Bonchev–Trinajstić information content (AvgIpc) is 2.67. The number of carbonyl (C=O) groups is 1. The smallest absolute Gasteiger partial charge is 0.261 e. The van der Waals surface area contributed by atoms with Crippen molar-refractivity contribution in [3.05, 3.63) is 87.7 Å².